The van der Waals surface area contributed by atoms with Crippen molar-refractivity contribution < 1.29 is 27.1 Å². The summed E-state index contributed by atoms with van der Waals surface area (Å²) in [5.41, 5.74) is -0.152. The molecular formula is C18H17F2NO4S2. The zero-order valence-corrected chi connectivity index (χ0v) is 15.8. The molecule has 3 rings (SSSR count). The third-order valence-corrected chi connectivity index (χ3v) is 7.56. The van der Waals surface area contributed by atoms with Crippen molar-refractivity contribution >= 4 is 27.8 Å². The van der Waals surface area contributed by atoms with E-state index in [-0.39, 0.29) is 29.1 Å². The highest BCUT2D eigenvalue weighted by Crippen LogP contribution is 2.36. The summed E-state index contributed by atoms with van der Waals surface area (Å²) >= 11 is 1.48. The Balaban J connectivity index is 1.83. The SMILES string of the molecule is O=C(O)c1cc(S(=O)(=O)N2CCSC(c3ccccc3F)CC2)ccc1F. The molecule has 0 bridgehead atoms. The van der Waals surface area contributed by atoms with Crippen LogP contribution < -0.4 is 0 Å². The first-order valence-corrected chi connectivity index (χ1v) is 10.7. The van der Waals surface area contributed by atoms with Gasteiger partial charge in [-0.3, -0.25) is 0 Å². The number of carboxylic acid groups (broad SMARTS) is 1. The quantitative estimate of drug-likeness (QED) is 0.830. The topological polar surface area (TPSA) is 74.7 Å². The molecule has 0 spiro atoms. The second-order valence-electron chi connectivity index (χ2n) is 6.02. The van der Waals surface area contributed by atoms with E-state index in [0.29, 0.717) is 17.7 Å². The Morgan fingerprint density at radius 1 is 1.11 bits per heavy atom. The van der Waals surface area contributed by atoms with Crippen LogP contribution in [0.5, 0.6) is 0 Å². The van der Waals surface area contributed by atoms with Crippen molar-refractivity contribution in [1.82, 2.24) is 4.31 Å². The molecule has 2 aromatic rings. The van der Waals surface area contributed by atoms with E-state index in [2.05, 4.69) is 0 Å². The van der Waals surface area contributed by atoms with Crippen molar-refractivity contribution in [2.45, 2.75) is 16.6 Å². The number of rotatable bonds is 4. The van der Waals surface area contributed by atoms with Gasteiger partial charge in [-0.2, -0.15) is 16.1 Å². The number of hydrogen-bond acceptors (Lipinski definition) is 4. The zero-order chi connectivity index (χ0) is 19.6. The standard InChI is InChI=1S/C18H17F2NO4S2/c19-15-4-2-1-3-13(15)17-7-8-21(9-10-26-17)27(24,25)12-5-6-16(20)14(11-12)18(22)23/h1-6,11,17H,7-10H2,(H,22,23). The normalized spacial score (nSPS) is 18.8. The number of halogens is 2. The lowest BCUT2D eigenvalue weighted by molar-refractivity contribution is 0.0691. The second-order valence-corrected chi connectivity index (χ2v) is 9.27. The lowest BCUT2D eigenvalue weighted by atomic mass is 10.1. The number of carboxylic acids is 1. The average molecular weight is 413 g/mol. The summed E-state index contributed by atoms with van der Waals surface area (Å²) in [5.74, 6) is -2.38. The van der Waals surface area contributed by atoms with Gasteiger partial charge in [-0.1, -0.05) is 18.2 Å². The highest BCUT2D eigenvalue weighted by molar-refractivity contribution is 7.99. The molecule has 1 atom stereocenters. The van der Waals surface area contributed by atoms with Crippen LogP contribution in [0.4, 0.5) is 8.78 Å². The van der Waals surface area contributed by atoms with E-state index in [1.807, 2.05) is 0 Å². The number of thioether (sulfide) groups is 1. The van der Waals surface area contributed by atoms with Gasteiger partial charge in [-0.25, -0.2) is 22.0 Å². The van der Waals surface area contributed by atoms with Gasteiger partial charge < -0.3 is 5.11 Å². The van der Waals surface area contributed by atoms with Gasteiger partial charge in [-0.15, -0.1) is 0 Å². The molecule has 1 heterocycles. The van der Waals surface area contributed by atoms with Crippen molar-refractivity contribution in [1.29, 1.82) is 0 Å². The second kappa shape index (κ2) is 7.95. The summed E-state index contributed by atoms with van der Waals surface area (Å²) in [4.78, 5) is 10.8. The van der Waals surface area contributed by atoms with Gasteiger partial charge in [0.15, 0.2) is 0 Å². The Bertz CT molecular complexity index is 966. The first-order valence-electron chi connectivity index (χ1n) is 8.19. The smallest absolute Gasteiger partial charge is 0.338 e. The molecule has 1 fully saturated rings. The van der Waals surface area contributed by atoms with E-state index in [1.54, 1.807) is 18.2 Å². The summed E-state index contributed by atoms with van der Waals surface area (Å²) in [5, 5.41) is 8.84. The first-order chi connectivity index (χ1) is 12.8. The summed E-state index contributed by atoms with van der Waals surface area (Å²) in [6.45, 7) is 0.367. The monoisotopic (exact) mass is 413 g/mol. The molecule has 0 amide bonds. The Morgan fingerprint density at radius 3 is 2.56 bits per heavy atom. The Labute approximate surface area is 160 Å². The average Bonchev–Trinajstić information content (AvgIpc) is 2.88. The molecule has 1 aliphatic rings. The Hall–Kier alpha value is -1.97. The van der Waals surface area contributed by atoms with Crippen LogP contribution in [-0.2, 0) is 10.0 Å². The molecule has 1 aliphatic heterocycles. The van der Waals surface area contributed by atoms with E-state index in [4.69, 9.17) is 5.11 Å². The summed E-state index contributed by atoms with van der Waals surface area (Å²) in [7, 11) is -3.98. The molecule has 27 heavy (non-hydrogen) atoms. The van der Waals surface area contributed by atoms with Crippen molar-refractivity contribution in [2.24, 2.45) is 0 Å². The van der Waals surface area contributed by atoms with Crippen LogP contribution in [-0.4, -0.2) is 42.6 Å². The maximum Gasteiger partial charge on any atom is 0.338 e. The highest BCUT2D eigenvalue weighted by Gasteiger charge is 2.30. The highest BCUT2D eigenvalue weighted by atomic mass is 32.2. The Kier molecular flexibility index (Phi) is 5.83. The number of hydrogen-bond donors (Lipinski definition) is 1. The maximum absolute atomic E-state index is 14.0. The number of nitrogens with zero attached hydrogens (tertiary/aromatic N) is 1. The fraction of sp³-hybridized carbons (Fsp3) is 0.278. The number of aromatic carboxylic acids is 1. The van der Waals surface area contributed by atoms with E-state index in [9.17, 15) is 22.0 Å². The van der Waals surface area contributed by atoms with Gasteiger partial charge in [0.25, 0.3) is 0 Å². The maximum atomic E-state index is 14.0. The van der Waals surface area contributed by atoms with Crippen molar-refractivity contribution in [2.75, 3.05) is 18.8 Å². The van der Waals surface area contributed by atoms with Gasteiger partial charge in [0.1, 0.15) is 11.6 Å². The van der Waals surface area contributed by atoms with E-state index < -0.39 is 27.4 Å². The fourth-order valence-corrected chi connectivity index (χ4v) is 5.80. The number of sulfonamides is 1. The van der Waals surface area contributed by atoms with Gasteiger partial charge in [0, 0.05) is 29.7 Å². The molecule has 1 unspecified atom stereocenters. The van der Waals surface area contributed by atoms with Crippen molar-refractivity contribution in [3.8, 4) is 0 Å². The fourth-order valence-electron chi connectivity index (χ4n) is 2.95. The van der Waals surface area contributed by atoms with Crippen LogP contribution in [0.3, 0.4) is 0 Å². The lowest BCUT2D eigenvalue weighted by Gasteiger charge is -2.20. The van der Waals surface area contributed by atoms with Crippen LogP contribution in [0.2, 0.25) is 0 Å². The molecule has 0 radical (unpaired) electrons. The lowest BCUT2D eigenvalue weighted by Crippen LogP contribution is -2.33. The predicted molar refractivity (Wildman–Crippen MR) is 98.3 cm³/mol. The largest absolute Gasteiger partial charge is 0.478 e. The van der Waals surface area contributed by atoms with Crippen molar-refractivity contribution in [3.63, 3.8) is 0 Å². The number of benzene rings is 2. The van der Waals surface area contributed by atoms with E-state index in [0.717, 1.165) is 18.2 Å². The minimum atomic E-state index is -3.98. The van der Waals surface area contributed by atoms with Gasteiger partial charge in [-0.05, 0) is 30.7 Å². The summed E-state index contributed by atoms with van der Waals surface area (Å²) < 4.78 is 54.6. The first kappa shape index (κ1) is 19.8. The molecule has 0 aromatic heterocycles. The molecule has 1 saturated heterocycles. The molecule has 2 aromatic carbocycles. The van der Waals surface area contributed by atoms with Gasteiger partial charge >= 0.3 is 5.97 Å². The van der Waals surface area contributed by atoms with E-state index in [1.165, 1.54) is 22.1 Å². The molecule has 0 aliphatic carbocycles. The molecule has 1 N–H and O–H groups in total. The molecule has 9 heteroatoms. The minimum absolute atomic E-state index is 0.161. The number of carbonyl (C=O) groups is 1. The van der Waals surface area contributed by atoms with Crippen LogP contribution in [0.1, 0.15) is 27.6 Å². The summed E-state index contributed by atoms with van der Waals surface area (Å²) in [6.07, 6.45) is 0.414. The third-order valence-electron chi connectivity index (χ3n) is 4.36. The van der Waals surface area contributed by atoms with Crippen LogP contribution in [0.15, 0.2) is 47.4 Å². The van der Waals surface area contributed by atoms with Crippen molar-refractivity contribution in [3.05, 3.63) is 65.2 Å². The molecular weight excluding hydrogens is 396 g/mol. The predicted octanol–water partition coefficient (Wildman–Crippen LogP) is 3.53. The third kappa shape index (κ3) is 4.15. The Morgan fingerprint density at radius 2 is 1.85 bits per heavy atom. The molecule has 0 saturated carbocycles. The summed E-state index contributed by atoms with van der Waals surface area (Å²) in [6, 6.07) is 9.14. The van der Waals surface area contributed by atoms with Crippen LogP contribution in [0.25, 0.3) is 0 Å². The van der Waals surface area contributed by atoms with Gasteiger partial charge in [0.2, 0.25) is 10.0 Å². The molecule has 144 valence electrons. The van der Waals surface area contributed by atoms with Gasteiger partial charge in [0.05, 0.1) is 10.5 Å². The minimum Gasteiger partial charge on any atom is -0.478 e. The van der Waals surface area contributed by atoms with Crippen LogP contribution >= 0.6 is 11.8 Å². The van der Waals surface area contributed by atoms with Crippen LogP contribution in [0, 0.1) is 11.6 Å². The zero-order valence-electron chi connectivity index (χ0n) is 14.1. The molecule has 5 nitrogen and oxygen atoms in total. The van der Waals surface area contributed by atoms with E-state index >= 15 is 0 Å².